The predicted molar refractivity (Wildman–Crippen MR) is 57.7 cm³/mol. The molecular weight excluding hydrogens is 209 g/mol. The van der Waals surface area contributed by atoms with E-state index in [1.54, 1.807) is 0 Å². The summed E-state index contributed by atoms with van der Waals surface area (Å²) in [6.45, 7) is 0. The maximum atomic E-state index is 12.7. The van der Waals surface area contributed by atoms with Crippen LogP contribution in [0.1, 0.15) is 23.2 Å². The Labute approximate surface area is 92.6 Å². The van der Waals surface area contributed by atoms with E-state index in [-0.39, 0.29) is 23.3 Å². The van der Waals surface area contributed by atoms with Gasteiger partial charge in [-0.25, -0.2) is 4.39 Å². The zero-order valence-corrected chi connectivity index (χ0v) is 8.61. The minimum Gasteiger partial charge on any atom is -0.507 e. The number of phenolic OH excluding ortho intramolecular Hbond substituents is 1. The highest BCUT2D eigenvalue weighted by atomic mass is 19.1. The molecule has 0 aromatic heterocycles. The van der Waals surface area contributed by atoms with Crippen LogP contribution in [-0.4, -0.2) is 17.1 Å². The Morgan fingerprint density at radius 1 is 1.38 bits per heavy atom. The number of carbonyl (C=O) groups excluding carboxylic acids is 1. The van der Waals surface area contributed by atoms with E-state index in [0.717, 1.165) is 25.0 Å². The molecule has 0 aliphatic heterocycles. The minimum absolute atomic E-state index is 0.0805. The van der Waals surface area contributed by atoms with Gasteiger partial charge in [0.15, 0.2) is 0 Å². The van der Waals surface area contributed by atoms with Gasteiger partial charge in [0.25, 0.3) is 5.91 Å². The number of rotatable bonds is 2. The number of phenols is 1. The van der Waals surface area contributed by atoms with Crippen molar-refractivity contribution < 1.29 is 14.3 Å². The topological polar surface area (TPSA) is 49.3 Å². The summed E-state index contributed by atoms with van der Waals surface area (Å²) in [5.74, 6) is -1.26. The van der Waals surface area contributed by atoms with Crippen LogP contribution in [0, 0.1) is 5.82 Å². The van der Waals surface area contributed by atoms with Crippen molar-refractivity contribution >= 4 is 5.91 Å². The monoisotopic (exact) mass is 221 g/mol. The van der Waals surface area contributed by atoms with Gasteiger partial charge in [0, 0.05) is 12.1 Å². The van der Waals surface area contributed by atoms with Gasteiger partial charge in [0.2, 0.25) is 0 Å². The molecule has 0 radical (unpaired) electrons. The molecule has 0 fully saturated rings. The second kappa shape index (κ2) is 4.35. The van der Waals surface area contributed by atoms with E-state index in [1.165, 1.54) is 6.07 Å². The predicted octanol–water partition coefficient (Wildman–Crippen LogP) is 1.98. The van der Waals surface area contributed by atoms with Crippen molar-refractivity contribution in [2.75, 3.05) is 0 Å². The van der Waals surface area contributed by atoms with Gasteiger partial charge in [-0.05, 0) is 25.0 Å². The van der Waals surface area contributed by atoms with Gasteiger partial charge >= 0.3 is 0 Å². The van der Waals surface area contributed by atoms with E-state index < -0.39 is 5.82 Å². The molecule has 0 atom stereocenters. The molecule has 16 heavy (non-hydrogen) atoms. The fourth-order valence-corrected chi connectivity index (χ4v) is 1.70. The summed E-state index contributed by atoms with van der Waals surface area (Å²) in [6, 6.07) is 3.45. The smallest absolute Gasteiger partial charge is 0.255 e. The van der Waals surface area contributed by atoms with Crippen LogP contribution in [0.15, 0.2) is 30.4 Å². The third-order valence-electron chi connectivity index (χ3n) is 2.55. The number of aromatic hydroxyl groups is 1. The van der Waals surface area contributed by atoms with Gasteiger partial charge in [-0.2, -0.15) is 0 Å². The number of nitrogens with one attached hydrogen (secondary N) is 1. The molecule has 0 saturated heterocycles. The molecule has 1 aromatic rings. The maximum absolute atomic E-state index is 12.7. The quantitative estimate of drug-likeness (QED) is 0.750. The fourth-order valence-electron chi connectivity index (χ4n) is 1.70. The van der Waals surface area contributed by atoms with Gasteiger partial charge in [0.1, 0.15) is 11.6 Å². The highest BCUT2D eigenvalue weighted by Crippen LogP contribution is 2.19. The molecule has 0 saturated carbocycles. The summed E-state index contributed by atoms with van der Waals surface area (Å²) in [5.41, 5.74) is 0.105. The number of carbonyl (C=O) groups is 1. The largest absolute Gasteiger partial charge is 0.507 e. The van der Waals surface area contributed by atoms with Crippen LogP contribution in [0.2, 0.25) is 0 Å². The molecule has 4 heteroatoms. The van der Waals surface area contributed by atoms with E-state index in [1.807, 2.05) is 12.2 Å². The number of amides is 1. The third kappa shape index (κ3) is 2.21. The minimum atomic E-state index is -0.559. The number of halogens is 1. The standard InChI is InChI=1S/C12H12FNO2/c13-8-5-6-10(11(15)7-8)12(16)14-9-3-1-2-4-9/h1-2,5-7,9,15H,3-4H2,(H,14,16). The van der Waals surface area contributed by atoms with Crippen LogP contribution in [0.4, 0.5) is 4.39 Å². The number of benzene rings is 1. The normalized spacial score (nSPS) is 15.3. The molecule has 2 rings (SSSR count). The molecule has 0 bridgehead atoms. The molecule has 1 aromatic carbocycles. The molecule has 1 aliphatic carbocycles. The Balaban J connectivity index is 2.08. The first-order valence-corrected chi connectivity index (χ1v) is 5.11. The van der Waals surface area contributed by atoms with Gasteiger partial charge in [-0.1, -0.05) is 12.2 Å². The Morgan fingerprint density at radius 2 is 2.06 bits per heavy atom. The van der Waals surface area contributed by atoms with Crippen LogP contribution in [0.5, 0.6) is 5.75 Å². The molecule has 1 amide bonds. The lowest BCUT2D eigenvalue weighted by molar-refractivity contribution is 0.0936. The molecule has 84 valence electrons. The van der Waals surface area contributed by atoms with E-state index in [0.29, 0.717) is 0 Å². The van der Waals surface area contributed by atoms with Crippen molar-refractivity contribution in [3.8, 4) is 5.75 Å². The van der Waals surface area contributed by atoms with Gasteiger partial charge in [-0.15, -0.1) is 0 Å². The fraction of sp³-hybridized carbons (Fsp3) is 0.250. The average molecular weight is 221 g/mol. The summed E-state index contributed by atoms with van der Waals surface area (Å²) in [7, 11) is 0. The van der Waals surface area contributed by atoms with Crippen LogP contribution >= 0.6 is 0 Å². The van der Waals surface area contributed by atoms with Crippen LogP contribution in [0.25, 0.3) is 0 Å². The van der Waals surface area contributed by atoms with Gasteiger partial charge in [0.05, 0.1) is 5.56 Å². The van der Waals surface area contributed by atoms with Crippen molar-refractivity contribution in [2.24, 2.45) is 0 Å². The summed E-state index contributed by atoms with van der Waals surface area (Å²) < 4.78 is 12.7. The highest BCUT2D eigenvalue weighted by molar-refractivity contribution is 5.97. The lowest BCUT2D eigenvalue weighted by atomic mass is 10.1. The molecular formula is C12H12FNO2. The molecule has 0 spiro atoms. The van der Waals surface area contributed by atoms with Crippen LogP contribution in [-0.2, 0) is 0 Å². The van der Waals surface area contributed by atoms with E-state index >= 15 is 0 Å². The molecule has 1 aliphatic rings. The summed E-state index contributed by atoms with van der Waals surface area (Å²) in [5, 5.41) is 12.2. The average Bonchev–Trinajstić information content (AvgIpc) is 2.70. The molecule has 3 nitrogen and oxygen atoms in total. The second-order valence-electron chi connectivity index (χ2n) is 3.77. The zero-order valence-electron chi connectivity index (χ0n) is 8.61. The summed E-state index contributed by atoms with van der Waals surface area (Å²) in [4.78, 5) is 11.7. The second-order valence-corrected chi connectivity index (χ2v) is 3.77. The van der Waals surface area contributed by atoms with Gasteiger partial charge < -0.3 is 10.4 Å². The van der Waals surface area contributed by atoms with Crippen molar-refractivity contribution in [3.05, 3.63) is 41.7 Å². The number of hydrogen-bond acceptors (Lipinski definition) is 2. The Hall–Kier alpha value is -1.84. The molecule has 0 unspecified atom stereocenters. The number of hydrogen-bond donors (Lipinski definition) is 2. The Morgan fingerprint density at radius 3 is 2.69 bits per heavy atom. The van der Waals surface area contributed by atoms with E-state index in [2.05, 4.69) is 5.32 Å². The molecule has 0 heterocycles. The van der Waals surface area contributed by atoms with Gasteiger partial charge in [-0.3, -0.25) is 4.79 Å². The van der Waals surface area contributed by atoms with Crippen molar-refractivity contribution in [1.29, 1.82) is 0 Å². The Kier molecular flexibility index (Phi) is 2.90. The summed E-state index contributed by atoms with van der Waals surface area (Å²) in [6.07, 6.45) is 5.59. The van der Waals surface area contributed by atoms with Crippen molar-refractivity contribution in [2.45, 2.75) is 18.9 Å². The third-order valence-corrected chi connectivity index (χ3v) is 2.55. The van der Waals surface area contributed by atoms with Crippen molar-refractivity contribution in [1.82, 2.24) is 5.32 Å². The lowest BCUT2D eigenvalue weighted by Gasteiger charge is -2.12. The lowest BCUT2D eigenvalue weighted by Crippen LogP contribution is -2.32. The van der Waals surface area contributed by atoms with Crippen LogP contribution < -0.4 is 5.32 Å². The zero-order chi connectivity index (χ0) is 11.5. The first kappa shape index (κ1) is 10.7. The highest BCUT2D eigenvalue weighted by Gasteiger charge is 2.17. The van der Waals surface area contributed by atoms with Crippen LogP contribution in [0.3, 0.4) is 0 Å². The summed E-state index contributed by atoms with van der Waals surface area (Å²) >= 11 is 0. The van der Waals surface area contributed by atoms with E-state index in [4.69, 9.17) is 0 Å². The SMILES string of the molecule is O=C(NC1CC=CC1)c1ccc(F)cc1O. The Bertz CT molecular complexity index is 435. The first-order valence-electron chi connectivity index (χ1n) is 5.11. The maximum Gasteiger partial charge on any atom is 0.255 e. The molecule has 2 N–H and O–H groups in total. The van der Waals surface area contributed by atoms with E-state index in [9.17, 15) is 14.3 Å². The van der Waals surface area contributed by atoms with Crippen molar-refractivity contribution in [3.63, 3.8) is 0 Å². The first-order chi connectivity index (χ1) is 7.66.